The number of fused-ring (bicyclic) bond motifs is 1. The molecule has 0 aliphatic rings. The summed E-state index contributed by atoms with van der Waals surface area (Å²) in [6, 6.07) is 4.01. The number of rotatable bonds is 5. The van der Waals surface area contributed by atoms with Gasteiger partial charge in [0, 0.05) is 34.1 Å². The summed E-state index contributed by atoms with van der Waals surface area (Å²) in [5.41, 5.74) is 4.05. The summed E-state index contributed by atoms with van der Waals surface area (Å²) in [5, 5.41) is 9.47. The highest BCUT2D eigenvalue weighted by Gasteiger charge is 2.22. The van der Waals surface area contributed by atoms with Crippen LogP contribution in [0.1, 0.15) is 16.3 Å². The Morgan fingerprint density at radius 3 is 2.77 bits per heavy atom. The molecule has 7 nitrogen and oxygen atoms in total. The zero-order valence-corrected chi connectivity index (χ0v) is 17.2. The molecule has 0 fully saturated rings. The van der Waals surface area contributed by atoms with Crippen molar-refractivity contribution in [2.75, 3.05) is 0 Å². The third kappa shape index (κ3) is 3.24. The lowest BCUT2D eigenvalue weighted by Gasteiger charge is -2.03. The molecule has 31 heavy (non-hydrogen) atoms. The van der Waals surface area contributed by atoms with Crippen molar-refractivity contribution in [3.63, 3.8) is 0 Å². The van der Waals surface area contributed by atoms with Crippen LogP contribution in [0.3, 0.4) is 0 Å². The van der Waals surface area contributed by atoms with Crippen LogP contribution in [0.5, 0.6) is 0 Å². The zero-order chi connectivity index (χ0) is 21.4. The second-order valence-electron chi connectivity index (χ2n) is 6.76. The van der Waals surface area contributed by atoms with Crippen molar-refractivity contribution in [2.45, 2.75) is 6.92 Å². The summed E-state index contributed by atoms with van der Waals surface area (Å²) in [4.78, 5) is 21.2. The molecule has 0 aliphatic carbocycles. The summed E-state index contributed by atoms with van der Waals surface area (Å²) in [7, 11) is 0. The number of H-pyrrole nitrogens is 2. The maximum absolute atomic E-state index is 15.5. The molecule has 0 spiro atoms. The molecule has 0 aliphatic heterocycles. The van der Waals surface area contributed by atoms with Crippen molar-refractivity contribution in [3.05, 3.63) is 83.2 Å². The van der Waals surface area contributed by atoms with Gasteiger partial charge in [-0.3, -0.25) is 10.1 Å². The van der Waals surface area contributed by atoms with Crippen LogP contribution in [0.2, 0.25) is 0 Å². The molecule has 0 saturated heterocycles. The number of allylic oxidation sites excluding steroid dienone is 2. The van der Waals surface area contributed by atoms with Crippen molar-refractivity contribution >= 4 is 27.8 Å². The summed E-state index contributed by atoms with van der Waals surface area (Å²) < 4.78 is 15.5. The Morgan fingerprint density at radius 1 is 1.19 bits per heavy atom. The van der Waals surface area contributed by atoms with Crippen LogP contribution in [-0.2, 0) is 0 Å². The van der Waals surface area contributed by atoms with E-state index in [0.29, 0.717) is 28.0 Å². The van der Waals surface area contributed by atoms with Gasteiger partial charge in [-0.05, 0) is 18.4 Å². The Labute approximate surface area is 180 Å². The molecule has 152 valence electrons. The van der Waals surface area contributed by atoms with Gasteiger partial charge in [0.1, 0.15) is 17.7 Å². The number of imidazole rings is 1. The van der Waals surface area contributed by atoms with Gasteiger partial charge in [-0.2, -0.15) is 5.10 Å². The van der Waals surface area contributed by atoms with Gasteiger partial charge in [-0.15, -0.1) is 11.3 Å². The second kappa shape index (κ2) is 7.69. The molecule has 5 heterocycles. The number of nitrogens with zero attached hydrogens (tertiary/aromatic N) is 5. The minimum atomic E-state index is -0.508. The fourth-order valence-electron chi connectivity index (χ4n) is 3.43. The summed E-state index contributed by atoms with van der Waals surface area (Å²) in [5.74, 6) is -0.0441. The predicted molar refractivity (Wildman–Crippen MR) is 119 cm³/mol. The van der Waals surface area contributed by atoms with Crippen LogP contribution in [0.4, 0.5) is 4.39 Å². The molecular weight excluding hydrogens is 413 g/mol. The van der Waals surface area contributed by atoms with Crippen LogP contribution in [0.15, 0.2) is 61.2 Å². The van der Waals surface area contributed by atoms with Gasteiger partial charge in [0.15, 0.2) is 11.6 Å². The van der Waals surface area contributed by atoms with Gasteiger partial charge in [0.05, 0.1) is 22.8 Å². The Morgan fingerprint density at radius 2 is 2.03 bits per heavy atom. The fourth-order valence-corrected chi connectivity index (χ4v) is 4.18. The molecule has 0 unspecified atom stereocenters. The molecule has 5 aromatic heterocycles. The molecule has 2 N–H and O–H groups in total. The Balaban J connectivity index is 1.67. The molecular formula is C22H16FN7S. The number of aryl methyl sites for hydroxylation is 1. The van der Waals surface area contributed by atoms with Crippen molar-refractivity contribution in [1.82, 2.24) is 35.1 Å². The first-order chi connectivity index (χ1) is 15.2. The third-order valence-corrected chi connectivity index (χ3v) is 5.72. The highest BCUT2D eigenvalue weighted by atomic mass is 32.1. The average Bonchev–Trinajstić information content (AvgIpc) is 3.53. The topological polar surface area (TPSA) is 96.0 Å². The second-order valence-corrected chi connectivity index (χ2v) is 7.71. The number of nitrogens with one attached hydrogen (secondary N) is 2. The van der Waals surface area contributed by atoms with E-state index >= 15 is 4.39 Å². The van der Waals surface area contributed by atoms with E-state index < -0.39 is 5.82 Å². The van der Waals surface area contributed by atoms with E-state index in [4.69, 9.17) is 4.98 Å². The summed E-state index contributed by atoms with van der Waals surface area (Å²) in [6.45, 7) is 5.75. The quantitative estimate of drug-likeness (QED) is 0.386. The Kier molecular flexibility index (Phi) is 4.72. The maximum atomic E-state index is 15.5. The van der Waals surface area contributed by atoms with Crippen molar-refractivity contribution < 1.29 is 4.39 Å². The Hall–Kier alpha value is -3.98. The molecule has 5 rings (SSSR count). The molecule has 0 amide bonds. The molecule has 9 heteroatoms. The van der Waals surface area contributed by atoms with Gasteiger partial charge in [0.25, 0.3) is 0 Å². The van der Waals surface area contributed by atoms with Gasteiger partial charge < -0.3 is 4.98 Å². The standard InChI is InChI=1S/C22H16FN7S/c1-3-5-14(16-6-4-7-31-16)19-12(2)27-22(28-19)21-17-15(29-30-21)10-26-20(18(17)23)13-8-24-11-25-9-13/h3-11H,1H2,2H3,(H,27,28)(H,29,30)/b14-5-. The molecule has 0 aromatic carbocycles. The predicted octanol–water partition coefficient (Wildman–Crippen LogP) is 4.93. The van der Waals surface area contributed by atoms with E-state index in [0.717, 1.165) is 21.8 Å². The number of hydrogen-bond donors (Lipinski definition) is 2. The number of halogens is 1. The monoisotopic (exact) mass is 429 g/mol. The average molecular weight is 429 g/mol. The van der Waals surface area contributed by atoms with Crippen LogP contribution in [-0.4, -0.2) is 35.1 Å². The van der Waals surface area contributed by atoms with E-state index in [1.54, 1.807) is 23.6 Å². The van der Waals surface area contributed by atoms with Crippen molar-refractivity contribution in [3.8, 4) is 22.8 Å². The van der Waals surface area contributed by atoms with E-state index in [1.165, 1.54) is 18.7 Å². The van der Waals surface area contributed by atoms with Gasteiger partial charge in [-0.1, -0.05) is 24.8 Å². The zero-order valence-electron chi connectivity index (χ0n) is 16.4. The highest BCUT2D eigenvalue weighted by molar-refractivity contribution is 7.11. The lowest BCUT2D eigenvalue weighted by Crippen LogP contribution is -1.93. The molecule has 0 atom stereocenters. The largest absolute Gasteiger partial charge is 0.340 e. The lowest BCUT2D eigenvalue weighted by atomic mass is 10.1. The van der Waals surface area contributed by atoms with Gasteiger partial charge in [0.2, 0.25) is 0 Å². The van der Waals surface area contributed by atoms with E-state index in [2.05, 4.69) is 36.7 Å². The lowest BCUT2D eigenvalue weighted by molar-refractivity contribution is 0.638. The van der Waals surface area contributed by atoms with E-state index in [-0.39, 0.29) is 5.69 Å². The van der Waals surface area contributed by atoms with E-state index in [1.807, 2.05) is 30.5 Å². The van der Waals surface area contributed by atoms with Gasteiger partial charge >= 0.3 is 0 Å². The van der Waals surface area contributed by atoms with Crippen LogP contribution in [0.25, 0.3) is 39.3 Å². The first-order valence-corrected chi connectivity index (χ1v) is 10.3. The van der Waals surface area contributed by atoms with Crippen molar-refractivity contribution in [2.24, 2.45) is 0 Å². The number of aromatic amines is 2. The third-order valence-electron chi connectivity index (χ3n) is 4.81. The van der Waals surface area contributed by atoms with Gasteiger partial charge in [-0.25, -0.2) is 19.3 Å². The fraction of sp³-hybridized carbons (Fsp3) is 0.0455. The number of hydrogen-bond acceptors (Lipinski definition) is 6. The SMILES string of the molecule is C=C/C=C(/c1cccs1)c1nc(-c2n[nH]c3cnc(-c4cncnc4)c(F)c23)[nH]c1C. The minimum absolute atomic E-state index is 0.157. The van der Waals surface area contributed by atoms with Crippen molar-refractivity contribution in [1.29, 1.82) is 0 Å². The summed E-state index contributed by atoms with van der Waals surface area (Å²) in [6.07, 6.45) is 9.62. The van der Waals surface area contributed by atoms with E-state index in [9.17, 15) is 0 Å². The molecule has 5 aromatic rings. The minimum Gasteiger partial charge on any atom is -0.340 e. The molecule has 0 radical (unpaired) electrons. The molecule has 0 bridgehead atoms. The first-order valence-electron chi connectivity index (χ1n) is 9.39. The van der Waals surface area contributed by atoms with Crippen LogP contribution < -0.4 is 0 Å². The maximum Gasteiger partial charge on any atom is 0.161 e. The normalized spacial score (nSPS) is 11.9. The number of thiophene rings is 1. The smallest absolute Gasteiger partial charge is 0.161 e. The number of pyridine rings is 1. The van der Waals surface area contributed by atoms with Crippen LogP contribution in [0, 0.1) is 12.7 Å². The van der Waals surface area contributed by atoms with Crippen LogP contribution >= 0.6 is 11.3 Å². The molecule has 0 saturated carbocycles. The summed E-state index contributed by atoms with van der Waals surface area (Å²) >= 11 is 1.61. The number of aromatic nitrogens is 7. The highest BCUT2D eigenvalue weighted by Crippen LogP contribution is 2.34. The Bertz CT molecular complexity index is 1420. The first kappa shape index (κ1) is 19.0.